The molecule has 0 unspecified atom stereocenters. The van der Waals surface area contributed by atoms with Crippen molar-refractivity contribution in [2.75, 3.05) is 17.1 Å². The molecule has 5 nitrogen and oxygen atoms in total. The van der Waals surface area contributed by atoms with Gasteiger partial charge in [-0.15, -0.1) is 0 Å². The Morgan fingerprint density at radius 1 is 1.23 bits per heavy atom. The first-order chi connectivity index (χ1) is 9.90. The lowest BCUT2D eigenvalue weighted by atomic mass is 10.1. The lowest BCUT2D eigenvalue weighted by molar-refractivity contribution is -0.122. The summed E-state index contributed by atoms with van der Waals surface area (Å²) in [5.74, 6) is -0.161. The van der Waals surface area contributed by atoms with Gasteiger partial charge in [0.2, 0.25) is 15.9 Å². The standard InChI is InChI=1S/C16H26N2O3S/c1-12-7-8-14(13(2)11-12)18(22(6,20)21)10-9-15(19)17-16(3,4)5/h7-8,11H,9-10H2,1-6H3,(H,17,19). The quantitative estimate of drug-likeness (QED) is 0.903. The van der Waals surface area contributed by atoms with E-state index in [9.17, 15) is 13.2 Å². The van der Waals surface area contributed by atoms with Crippen LogP contribution in [0.2, 0.25) is 0 Å². The molecule has 0 atom stereocenters. The number of aryl methyl sites for hydroxylation is 2. The second kappa shape index (κ2) is 6.69. The molecule has 0 aliphatic rings. The minimum atomic E-state index is -3.44. The van der Waals surface area contributed by atoms with E-state index in [1.54, 1.807) is 6.07 Å². The number of nitrogens with zero attached hydrogens (tertiary/aromatic N) is 1. The second-order valence-corrected chi connectivity index (χ2v) is 8.58. The summed E-state index contributed by atoms with van der Waals surface area (Å²) in [7, 11) is -3.44. The van der Waals surface area contributed by atoms with E-state index >= 15 is 0 Å². The molecule has 0 spiro atoms. The molecule has 1 N–H and O–H groups in total. The Morgan fingerprint density at radius 2 is 1.82 bits per heavy atom. The Bertz CT molecular complexity index is 646. The van der Waals surface area contributed by atoms with Crippen LogP contribution in [0.4, 0.5) is 5.69 Å². The van der Waals surface area contributed by atoms with Gasteiger partial charge in [-0.2, -0.15) is 0 Å². The number of nitrogens with one attached hydrogen (secondary N) is 1. The highest BCUT2D eigenvalue weighted by Crippen LogP contribution is 2.23. The van der Waals surface area contributed by atoms with Crippen LogP contribution in [0.15, 0.2) is 18.2 Å². The van der Waals surface area contributed by atoms with E-state index in [-0.39, 0.29) is 24.4 Å². The van der Waals surface area contributed by atoms with E-state index in [1.807, 2.05) is 46.8 Å². The predicted molar refractivity (Wildman–Crippen MR) is 90.6 cm³/mol. The summed E-state index contributed by atoms with van der Waals surface area (Å²) in [6, 6.07) is 5.59. The fourth-order valence-corrected chi connectivity index (χ4v) is 3.22. The van der Waals surface area contributed by atoms with Gasteiger partial charge in [-0.1, -0.05) is 17.7 Å². The van der Waals surface area contributed by atoms with Gasteiger partial charge < -0.3 is 5.32 Å². The Kier molecular flexibility index (Phi) is 5.62. The molecule has 1 rings (SSSR count). The van der Waals surface area contributed by atoms with E-state index in [4.69, 9.17) is 0 Å². The molecule has 1 amide bonds. The fraction of sp³-hybridized carbons (Fsp3) is 0.562. The van der Waals surface area contributed by atoms with Gasteiger partial charge in [0.15, 0.2) is 0 Å². The third-order valence-electron chi connectivity index (χ3n) is 3.08. The number of anilines is 1. The van der Waals surface area contributed by atoms with E-state index in [1.165, 1.54) is 4.31 Å². The summed E-state index contributed by atoms with van der Waals surface area (Å²) in [6.45, 7) is 9.63. The minimum Gasteiger partial charge on any atom is -0.351 e. The van der Waals surface area contributed by atoms with Crippen molar-refractivity contribution in [3.8, 4) is 0 Å². The van der Waals surface area contributed by atoms with Gasteiger partial charge in [-0.05, 0) is 46.2 Å². The number of benzene rings is 1. The van der Waals surface area contributed by atoms with Crippen molar-refractivity contribution < 1.29 is 13.2 Å². The summed E-state index contributed by atoms with van der Waals surface area (Å²) in [5.41, 5.74) is 2.24. The first-order valence-electron chi connectivity index (χ1n) is 7.26. The van der Waals surface area contributed by atoms with Crippen molar-refractivity contribution in [1.82, 2.24) is 5.32 Å². The molecule has 0 saturated carbocycles. The molecule has 124 valence electrons. The number of carbonyl (C=O) groups excluding carboxylic acids is 1. The van der Waals surface area contributed by atoms with Crippen molar-refractivity contribution in [1.29, 1.82) is 0 Å². The molecule has 0 aliphatic heterocycles. The lowest BCUT2D eigenvalue weighted by Gasteiger charge is -2.25. The summed E-state index contributed by atoms with van der Waals surface area (Å²) >= 11 is 0. The van der Waals surface area contributed by atoms with Crippen LogP contribution in [0.1, 0.15) is 38.3 Å². The van der Waals surface area contributed by atoms with Crippen molar-refractivity contribution in [2.24, 2.45) is 0 Å². The Labute approximate surface area is 133 Å². The van der Waals surface area contributed by atoms with Crippen molar-refractivity contribution in [3.05, 3.63) is 29.3 Å². The average molecular weight is 326 g/mol. The first kappa shape index (κ1) is 18.5. The van der Waals surface area contributed by atoms with Crippen molar-refractivity contribution in [2.45, 2.75) is 46.6 Å². The maximum Gasteiger partial charge on any atom is 0.232 e. The lowest BCUT2D eigenvalue weighted by Crippen LogP contribution is -2.42. The van der Waals surface area contributed by atoms with Crippen LogP contribution in [-0.4, -0.2) is 32.7 Å². The summed E-state index contributed by atoms with van der Waals surface area (Å²) in [4.78, 5) is 11.9. The van der Waals surface area contributed by atoms with Gasteiger partial charge in [0.25, 0.3) is 0 Å². The molecule has 22 heavy (non-hydrogen) atoms. The molecule has 0 aromatic heterocycles. The van der Waals surface area contributed by atoms with E-state index < -0.39 is 10.0 Å². The van der Waals surface area contributed by atoms with Gasteiger partial charge >= 0.3 is 0 Å². The zero-order valence-electron chi connectivity index (χ0n) is 14.2. The highest BCUT2D eigenvalue weighted by atomic mass is 32.2. The number of amides is 1. The first-order valence-corrected chi connectivity index (χ1v) is 9.11. The van der Waals surface area contributed by atoms with Gasteiger partial charge in [0.1, 0.15) is 0 Å². The van der Waals surface area contributed by atoms with E-state index in [2.05, 4.69) is 5.32 Å². The second-order valence-electron chi connectivity index (χ2n) is 6.67. The van der Waals surface area contributed by atoms with Crippen molar-refractivity contribution in [3.63, 3.8) is 0 Å². The maximum absolute atomic E-state index is 12.1. The molecule has 0 radical (unpaired) electrons. The molecule has 0 heterocycles. The number of hydrogen-bond acceptors (Lipinski definition) is 3. The molecular formula is C16H26N2O3S. The molecule has 0 fully saturated rings. The number of hydrogen-bond donors (Lipinski definition) is 1. The van der Waals surface area contributed by atoms with Crippen LogP contribution < -0.4 is 9.62 Å². The monoisotopic (exact) mass is 326 g/mol. The molecular weight excluding hydrogens is 300 g/mol. The smallest absolute Gasteiger partial charge is 0.232 e. The highest BCUT2D eigenvalue weighted by Gasteiger charge is 2.21. The largest absolute Gasteiger partial charge is 0.351 e. The number of sulfonamides is 1. The Hall–Kier alpha value is -1.56. The Balaban J connectivity index is 2.95. The van der Waals surface area contributed by atoms with Crippen molar-refractivity contribution >= 4 is 21.6 Å². The third kappa shape index (κ3) is 5.67. The third-order valence-corrected chi connectivity index (χ3v) is 4.26. The normalized spacial score (nSPS) is 12.1. The van der Waals surface area contributed by atoms with Crippen LogP contribution >= 0.6 is 0 Å². The van der Waals surface area contributed by atoms with Gasteiger partial charge in [-0.25, -0.2) is 8.42 Å². The summed E-state index contributed by atoms with van der Waals surface area (Å²) < 4.78 is 25.4. The van der Waals surface area contributed by atoms with Crippen LogP contribution in [0.5, 0.6) is 0 Å². The SMILES string of the molecule is Cc1ccc(N(CCC(=O)NC(C)(C)C)S(C)(=O)=O)c(C)c1. The predicted octanol–water partition coefficient (Wildman–Crippen LogP) is 2.37. The molecule has 0 bridgehead atoms. The Morgan fingerprint density at radius 3 is 2.27 bits per heavy atom. The zero-order chi connectivity index (χ0) is 17.1. The van der Waals surface area contributed by atoms with Crippen LogP contribution in [-0.2, 0) is 14.8 Å². The number of rotatable bonds is 5. The average Bonchev–Trinajstić information content (AvgIpc) is 2.27. The van der Waals surface area contributed by atoms with E-state index in [0.717, 1.165) is 17.4 Å². The molecule has 1 aromatic rings. The molecule has 6 heteroatoms. The molecule has 0 aliphatic carbocycles. The zero-order valence-corrected chi connectivity index (χ0v) is 15.0. The van der Waals surface area contributed by atoms with Gasteiger partial charge in [0.05, 0.1) is 11.9 Å². The van der Waals surface area contributed by atoms with Gasteiger partial charge in [-0.3, -0.25) is 9.10 Å². The fourth-order valence-electron chi connectivity index (χ4n) is 2.23. The van der Waals surface area contributed by atoms with Gasteiger partial charge in [0, 0.05) is 18.5 Å². The highest BCUT2D eigenvalue weighted by molar-refractivity contribution is 7.92. The van der Waals surface area contributed by atoms with E-state index in [0.29, 0.717) is 5.69 Å². The summed E-state index contributed by atoms with van der Waals surface area (Å²) in [5, 5.41) is 2.84. The van der Waals surface area contributed by atoms with Crippen LogP contribution in [0, 0.1) is 13.8 Å². The minimum absolute atomic E-state index is 0.123. The van der Waals surface area contributed by atoms with Crippen LogP contribution in [0.3, 0.4) is 0 Å². The molecule has 0 saturated heterocycles. The number of carbonyl (C=O) groups is 1. The van der Waals surface area contributed by atoms with Crippen LogP contribution in [0.25, 0.3) is 0 Å². The molecule has 1 aromatic carbocycles. The summed E-state index contributed by atoms with van der Waals surface area (Å²) in [6.07, 6.45) is 1.28. The topological polar surface area (TPSA) is 66.5 Å². The maximum atomic E-state index is 12.1.